The molecule has 7 heteroatoms. The van der Waals surface area contributed by atoms with Gasteiger partial charge in [-0.2, -0.15) is 0 Å². The first-order valence-corrected chi connectivity index (χ1v) is 10.1. The Kier molecular flexibility index (Phi) is 5.08. The summed E-state index contributed by atoms with van der Waals surface area (Å²) in [5, 5.41) is 0. The number of anilines is 1. The number of amides is 1. The summed E-state index contributed by atoms with van der Waals surface area (Å²) in [4.78, 5) is 27.1. The molecule has 1 aromatic heterocycles. The number of carbonyl (C=O) groups excluding carboxylic acids is 1. The van der Waals surface area contributed by atoms with Gasteiger partial charge < -0.3 is 14.5 Å². The molecule has 2 aromatic rings. The third-order valence-electron chi connectivity index (χ3n) is 4.92. The smallest absolute Gasteiger partial charge is 0.254 e. The van der Waals surface area contributed by atoms with E-state index < -0.39 is 0 Å². The van der Waals surface area contributed by atoms with E-state index in [1.54, 1.807) is 18.1 Å². The molecule has 1 amide bonds. The highest BCUT2D eigenvalue weighted by atomic mass is 32.2. The molecule has 0 N–H and O–H groups in total. The van der Waals surface area contributed by atoms with Crippen LogP contribution in [0.4, 0.5) is 5.82 Å². The molecule has 0 spiro atoms. The number of benzene rings is 1. The normalized spacial score (nSPS) is 17.1. The minimum absolute atomic E-state index is 0.0647. The van der Waals surface area contributed by atoms with Crippen LogP contribution in [0, 0.1) is 0 Å². The third kappa shape index (κ3) is 3.41. The van der Waals surface area contributed by atoms with Crippen LogP contribution in [-0.4, -0.2) is 59.9 Å². The van der Waals surface area contributed by atoms with Crippen molar-refractivity contribution in [1.29, 1.82) is 0 Å². The molecule has 0 aliphatic carbocycles. The summed E-state index contributed by atoms with van der Waals surface area (Å²) >= 11 is 1.68. The Hall–Kier alpha value is -2.12. The van der Waals surface area contributed by atoms with Crippen LogP contribution in [0.25, 0.3) is 0 Å². The first kappa shape index (κ1) is 17.3. The summed E-state index contributed by atoms with van der Waals surface area (Å²) in [5.41, 5.74) is 2.87. The lowest BCUT2D eigenvalue weighted by molar-refractivity contribution is 0.0731. The number of ether oxygens (including phenoxy) is 1. The Balaban J connectivity index is 1.53. The van der Waals surface area contributed by atoms with Gasteiger partial charge in [0.25, 0.3) is 5.91 Å². The Morgan fingerprint density at radius 2 is 1.88 bits per heavy atom. The van der Waals surface area contributed by atoms with Crippen LogP contribution in [0.3, 0.4) is 0 Å². The second-order valence-electron chi connectivity index (χ2n) is 6.43. The second kappa shape index (κ2) is 7.63. The molecule has 136 valence electrons. The van der Waals surface area contributed by atoms with E-state index in [0.717, 1.165) is 54.7 Å². The predicted octanol–water partition coefficient (Wildman–Crippen LogP) is 2.23. The van der Waals surface area contributed by atoms with Gasteiger partial charge in [-0.1, -0.05) is 0 Å². The standard InChI is InChI=1S/C19H22N4O2S/c1-26-15-4-2-14(3-5-15)19(24)23-7-6-16-17(12-23)20-13-21-18(16)22-8-10-25-11-9-22/h2-5,13H,6-12H2,1H3. The lowest BCUT2D eigenvalue weighted by atomic mass is 10.0. The van der Waals surface area contributed by atoms with Crippen LogP contribution >= 0.6 is 11.8 Å². The van der Waals surface area contributed by atoms with E-state index >= 15 is 0 Å². The molecular weight excluding hydrogens is 348 g/mol. The Morgan fingerprint density at radius 1 is 1.12 bits per heavy atom. The number of nitrogens with zero attached hydrogens (tertiary/aromatic N) is 4. The number of fused-ring (bicyclic) bond motifs is 1. The number of hydrogen-bond acceptors (Lipinski definition) is 6. The van der Waals surface area contributed by atoms with Crippen molar-refractivity contribution in [3.05, 3.63) is 47.4 Å². The molecule has 2 aliphatic rings. The van der Waals surface area contributed by atoms with E-state index in [2.05, 4.69) is 14.9 Å². The highest BCUT2D eigenvalue weighted by molar-refractivity contribution is 7.98. The maximum Gasteiger partial charge on any atom is 0.254 e. The van der Waals surface area contributed by atoms with Crippen molar-refractivity contribution in [1.82, 2.24) is 14.9 Å². The molecule has 0 bridgehead atoms. The first-order chi connectivity index (χ1) is 12.8. The molecule has 1 saturated heterocycles. The topological polar surface area (TPSA) is 58.6 Å². The van der Waals surface area contributed by atoms with Crippen LogP contribution in [0.15, 0.2) is 35.5 Å². The van der Waals surface area contributed by atoms with E-state index in [4.69, 9.17) is 4.74 Å². The van der Waals surface area contributed by atoms with Crippen LogP contribution < -0.4 is 4.90 Å². The van der Waals surface area contributed by atoms with Gasteiger partial charge in [0.2, 0.25) is 0 Å². The van der Waals surface area contributed by atoms with E-state index in [1.165, 1.54) is 5.56 Å². The van der Waals surface area contributed by atoms with Gasteiger partial charge in [-0.15, -0.1) is 11.8 Å². The molecule has 0 radical (unpaired) electrons. The van der Waals surface area contributed by atoms with Crippen molar-refractivity contribution in [2.75, 3.05) is 44.0 Å². The zero-order valence-corrected chi connectivity index (χ0v) is 15.7. The van der Waals surface area contributed by atoms with E-state index in [0.29, 0.717) is 13.1 Å². The minimum atomic E-state index is 0.0647. The second-order valence-corrected chi connectivity index (χ2v) is 7.31. The third-order valence-corrected chi connectivity index (χ3v) is 5.66. The van der Waals surface area contributed by atoms with Crippen LogP contribution in [0.5, 0.6) is 0 Å². The Labute approximate surface area is 157 Å². The number of morpholine rings is 1. The summed E-state index contributed by atoms with van der Waals surface area (Å²) in [6, 6.07) is 7.80. The van der Waals surface area contributed by atoms with Crippen molar-refractivity contribution in [2.24, 2.45) is 0 Å². The summed E-state index contributed by atoms with van der Waals surface area (Å²) in [6.07, 6.45) is 4.44. The molecule has 4 rings (SSSR count). The molecule has 2 aliphatic heterocycles. The largest absolute Gasteiger partial charge is 0.378 e. The summed E-state index contributed by atoms with van der Waals surface area (Å²) < 4.78 is 5.44. The SMILES string of the molecule is CSc1ccc(C(=O)N2CCc3c(ncnc3N3CCOCC3)C2)cc1. The summed E-state index contributed by atoms with van der Waals surface area (Å²) in [5.74, 6) is 1.07. The number of hydrogen-bond donors (Lipinski definition) is 0. The van der Waals surface area contributed by atoms with Crippen molar-refractivity contribution in [3.63, 3.8) is 0 Å². The number of carbonyl (C=O) groups is 1. The highest BCUT2D eigenvalue weighted by Crippen LogP contribution is 2.27. The fourth-order valence-electron chi connectivity index (χ4n) is 3.47. The molecule has 26 heavy (non-hydrogen) atoms. The van der Waals surface area contributed by atoms with Crippen molar-refractivity contribution in [3.8, 4) is 0 Å². The molecule has 0 unspecified atom stereocenters. The van der Waals surface area contributed by atoms with Gasteiger partial charge in [-0.05, 0) is 36.9 Å². The van der Waals surface area contributed by atoms with Crippen molar-refractivity contribution >= 4 is 23.5 Å². The van der Waals surface area contributed by atoms with Gasteiger partial charge in [-0.3, -0.25) is 4.79 Å². The Morgan fingerprint density at radius 3 is 2.62 bits per heavy atom. The molecular formula is C19H22N4O2S. The van der Waals surface area contributed by atoms with Gasteiger partial charge in [0.15, 0.2) is 0 Å². The zero-order valence-electron chi connectivity index (χ0n) is 14.9. The van der Waals surface area contributed by atoms with Gasteiger partial charge in [-0.25, -0.2) is 9.97 Å². The number of aromatic nitrogens is 2. The molecule has 3 heterocycles. The molecule has 0 saturated carbocycles. The number of rotatable bonds is 3. The Bertz CT molecular complexity index is 791. The molecule has 0 atom stereocenters. The molecule has 1 fully saturated rings. The zero-order chi connectivity index (χ0) is 17.9. The fraction of sp³-hybridized carbons (Fsp3) is 0.421. The van der Waals surface area contributed by atoms with Gasteiger partial charge in [0.05, 0.1) is 25.5 Å². The van der Waals surface area contributed by atoms with Gasteiger partial charge in [0.1, 0.15) is 12.1 Å². The van der Waals surface area contributed by atoms with Crippen molar-refractivity contribution in [2.45, 2.75) is 17.9 Å². The van der Waals surface area contributed by atoms with Gasteiger partial charge in [0, 0.05) is 35.7 Å². The quantitative estimate of drug-likeness (QED) is 0.773. The van der Waals surface area contributed by atoms with E-state index in [-0.39, 0.29) is 5.91 Å². The summed E-state index contributed by atoms with van der Waals surface area (Å²) in [6.45, 7) is 4.41. The van der Waals surface area contributed by atoms with Crippen molar-refractivity contribution < 1.29 is 9.53 Å². The van der Waals surface area contributed by atoms with Crippen LogP contribution in [0.1, 0.15) is 21.6 Å². The summed E-state index contributed by atoms with van der Waals surface area (Å²) in [7, 11) is 0. The maximum atomic E-state index is 12.8. The predicted molar refractivity (Wildman–Crippen MR) is 102 cm³/mol. The minimum Gasteiger partial charge on any atom is -0.378 e. The van der Waals surface area contributed by atoms with E-state index in [9.17, 15) is 4.79 Å². The highest BCUT2D eigenvalue weighted by Gasteiger charge is 2.27. The van der Waals surface area contributed by atoms with Crippen LogP contribution in [0.2, 0.25) is 0 Å². The maximum absolute atomic E-state index is 12.8. The van der Waals surface area contributed by atoms with Crippen LogP contribution in [-0.2, 0) is 17.7 Å². The number of thioether (sulfide) groups is 1. The molecule has 6 nitrogen and oxygen atoms in total. The average Bonchev–Trinajstić information content (AvgIpc) is 2.73. The lowest BCUT2D eigenvalue weighted by Gasteiger charge is -2.33. The monoisotopic (exact) mass is 370 g/mol. The average molecular weight is 370 g/mol. The fourth-order valence-corrected chi connectivity index (χ4v) is 3.88. The van der Waals surface area contributed by atoms with E-state index in [1.807, 2.05) is 35.4 Å². The van der Waals surface area contributed by atoms with Gasteiger partial charge >= 0.3 is 0 Å². The lowest BCUT2D eigenvalue weighted by Crippen LogP contribution is -2.40. The molecule has 1 aromatic carbocycles. The first-order valence-electron chi connectivity index (χ1n) is 8.85.